The molecule has 1 heterocycles. The number of rotatable bonds is 4. The maximum Gasteiger partial charge on any atom is 0.387 e. The molecule has 1 aliphatic heterocycles. The Morgan fingerprint density at radius 2 is 1.95 bits per heavy atom. The molecule has 6 heteroatoms. The zero-order valence-corrected chi connectivity index (χ0v) is 10.6. The summed E-state index contributed by atoms with van der Waals surface area (Å²) >= 11 is 0. The molecule has 1 aliphatic rings. The van der Waals surface area contributed by atoms with Crippen molar-refractivity contribution in [3.63, 3.8) is 0 Å². The number of hydrogen-bond donors (Lipinski definition) is 1. The van der Waals surface area contributed by atoms with Crippen molar-refractivity contribution in [2.75, 3.05) is 13.1 Å². The molecule has 19 heavy (non-hydrogen) atoms. The minimum atomic E-state index is -2.96. The highest BCUT2D eigenvalue weighted by molar-refractivity contribution is 5.33. The maximum absolute atomic E-state index is 13.8. The molecule has 0 saturated carbocycles. The van der Waals surface area contributed by atoms with Gasteiger partial charge in [0.25, 0.3) is 0 Å². The van der Waals surface area contributed by atoms with Gasteiger partial charge in [0.2, 0.25) is 0 Å². The van der Waals surface area contributed by atoms with Crippen LogP contribution in [0.5, 0.6) is 11.5 Å². The Labute approximate surface area is 109 Å². The molecular formula is C13H16F3NO2. The van der Waals surface area contributed by atoms with Crippen LogP contribution in [0.3, 0.4) is 0 Å². The molecule has 1 N–H and O–H groups in total. The Kier molecular flexibility index (Phi) is 4.19. The minimum Gasteiger partial charge on any atom is -0.484 e. The number of alkyl halides is 2. The summed E-state index contributed by atoms with van der Waals surface area (Å²) in [6.45, 7) is 0.569. The van der Waals surface area contributed by atoms with Gasteiger partial charge < -0.3 is 14.8 Å². The van der Waals surface area contributed by atoms with Gasteiger partial charge in [-0.1, -0.05) is 0 Å². The van der Waals surface area contributed by atoms with E-state index < -0.39 is 18.0 Å². The van der Waals surface area contributed by atoms with E-state index in [0.29, 0.717) is 0 Å². The van der Waals surface area contributed by atoms with Crippen molar-refractivity contribution in [1.29, 1.82) is 0 Å². The fraction of sp³-hybridized carbons (Fsp3) is 0.538. The number of piperidine rings is 1. The van der Waals surface area contributed by atoms with Crippen molar-refractivity contribution in [3.8, 4) is 11.5 Å². The highest BCUT2D eigenvalue weighted by atomic mass is 19.3. The summed E-state index contributed by atoms with van der Waals surface area (Å²) in [6.07, 6.45) is 1.53. The van der Waals surface area contributed by atoms with Gasteiger partial charge >= 0.3 is 6.61 Å². The van der Waals surface area contributed by atoms with Crippen LogP contribution in [-0.2, 0) is 0 Å². The number of halogens is 3. The van der Waals surface area contributed by atoms with Crippen LogP contribution in [0.15, 0.2) is 18.2 Å². The van der Waals surface area contributed by atoms with Crippen LogP contribution in [0.4, 0.5) is 13.2 Å². The summed E-state index contributed by atoms with van der Waals surface area (Å²) in [5.41, 5.74) is -0.433. The Morgan fingerprint density at radius 1 is 1.26 bits per heavy atom. The standard InChI is InChI=1S/C13H16F3NO2/c1-13(4-6-17-7-5-13)19-11-3-2-9(8-10(11)14)18-12(15)16/h2-3,8,12,17H,4-7H2,1H3. The van der Waals surface area contributed by atoms with Gasteiger partial charge in [-0.2, -0.15) is 8.78 Å². The van der Waals surface area contributed by atoms with Gasteiger partial charge in [-0.15, -0.1) is 0 Å². The lowest BCUT2D eigenvalue weighted by Crippen LogP contribution is -2.44. The molecule has 0 unspecified atom stereocenters. The highest BCUT2D eigenvalue weighted by Gasteiger charge is 2.29. The third kappa shape index (κ3) is 3.76. The van der Waals surface area contributed by atoms with Gasteiger partial charge in [0.1, 0.15) is 11.4 Å². The monoisotopic (exact) mass is 275 g/mol. The minimum absolute atomic E-state index is 0.0611. The van der Waals surface area contributed by atoms with Crippen LogP contribution in [0.2, 0.25) is 0 Å². The summed E-state index contributed by atoms with van der Waals surface area (Å²) < 4.78 is 47.6. The van der Waals surface area contributed by atoms with Crippen LogP contribution in [0.25, 0.3) is 0 Å². The third-order valence-electron chi connectivity index (χ3n) is 3.15. The number of ether oxygens (including phenoxy) is 2. The highest BCUT2D eigenvalue weighted by Crippen LogP contribution is 2.30. The van der Waals surface area contributed by atoms with Gasteiger partial charge in [0.15, 0.2) is 11.6 Å². The van der Waals surface area contributed by atoms with Crippen LogP contribution < -0.4 is 14.8 Å². The molecule has 0 radical (unpaired) electrons. The molecule has 0 aromatic heterocycles. The summed E-state index contributed by atoms with van der Waals surface area (Å²) in [4.78, 5) is 0. The normalized spacial score (nSPS) is 18.4. The van der Waals surface area contributed by atoms with Gasteiger partial charge in [-0.3, -0.25) is 0 Å². The Balaban J connectivity index is 2.08. The van der Waals surface area contributed by atoms with Crippen molar-refractivity contribution >= 4 is 0 Å². The van der Waals surface area contributed by atoms with Gasteiger partial charge in [0.05, 0.1) is 0 Å². The zero-order valence-electron chi connectivity index (χ0n) is 10.6. The van der Waals surface area contributed by atoms with E-state index in [1.807, 2.05) is 6.92 Å². The van der Waals surface area contributed by atoms with Gasteiger partial charge in [-0.05, 0) is 45.0 Å². The van der Waals surface area contributed by atoms with Crippen LogP contribution >= 0.6 is 0 Å². The number of nitrogens with one attached hydrogen (secondary N) is 1. The SMILES string of the molecule is CC1(Oc2ccc(OC(F)F)cc2F)CCNCC1. The molecule has 3 nitrogen and oxygen atoms in total. The van der Waals surface area contributed by atoms with E-state index in [1.165, 1.54) is 12.1 Å². The topological polar surface area (TPSA) is 30.5 Å². The molecule has 1 saturated heterocycles. The molecule has 106 valence electrons. The van der Waals surface area contributed by atoms with Crippen molar-refractivity contribution < 1.29 is 22.6 Å². The lowest BCUT2D eigenvalue weighted by atomic mass is 9.94. The fourth-order valence-electron chi connectivity index (χ4n) is 2.06. The molecule has 1 fully saturated rings. The van der Waals surface area contributed by atoms with E-state index in [4.69, 9.17) is 4.74 Å². The fourth-order valence-corrected chi connectivity index (χ4v) is 2.06. The quantitative estimate of drug-likeness (QED) is 0.916. The van der Waals surface area contributed by atoms with Crippen LogP contribution in [0, 0.1) is 5.82 Å². The second-order valence-corrected chi connectivity index (χ2v) is 4.77. The van der Waals surface area contributed by atoms with E-state index >= 15 is 0 Å². The lowest BCUT2D eigenvalue weighted by Gasteiger charge is -2.34. The first-order valence-electron chi connectivity index (χ1n) is 6.13. The van der Waals surface area contributed by atoms with Crippen molar-refractivity contribution in [1.82, 2.24) is 5.32 Å². The summed E-state index contributed by atoms with van der Waals surface area (Å²) in [5.74, 6) is -0.848. The van der Waals surface area contributed by atoms with E-state index in [2.05, 4.69) is 10.1 Å². The van der Waals surface area contributed by atoms with E-state index in [0.717, 1.165) is 32.0 Å². The van der Waals surface area contributed by atoms with Crippen molar-refractivity contribution in [2.45, 2.75) is 32.0 Å². The first-order valence-corrected chi connectivity index (χ1v) is 6.13. The maximum atomic E-state index is 13.8. The average Bonchev–Trinajstić information content (AvgIpc) is 2.33. The molecule has 1 aromatic carbocycles. The Morgan fingerprint density at radius 3 is 2.53 bits per heavy atom. The predicted molar refractivity (Wildman–Crippen MR) is 64.2 cm³/mol. The molecule has 0 atom stereocenters. The molecule has 0 aliphatic carbocycles. The van der Waals surface area contributed by atoms with Crippen molar-refractivity contribution in [2.24, 2.45) is 0 Å². The Hall–Kier alpha value is -1.43. The third-order valence-corrected chi connectivity index (χ3v) is 3.15. The number of hydrogen-bond acceptors (Lipinski definition) is 3. The molecular weight excluding hydrogens is 259 g/mol. The van der Waals surface area contributed by atoms with E-state index in [1.54, 1.807) is 0 Å². The summed E-state index contributed by atoms with van der Waals surface area (Å²) in [7, 11) is 0. The first kappa shape index (κ1) is 14.0. The lowest BCUT2D eigenvalue weighted by molar-refractivity contribution is -0.0501. The van der Waals surface area contributed by atoms with Crippen molar-refractivity contribution in [3.05, 3.63) is 24.0 Å². The van der Waals surface area contributed by atoms with Crippen LogP contribution in [-0.4, -0.2) is 25.3 Å². The largest absolute Gasteiger partial charge is 0.484 e. The second kappa shape index (κ2) is 5.69. The molecule has 2 rings (SSSR count). The second-order valence-electron chi connectivity index (χ2n) is 4.77. The molecule has 0 amide bonds. The average molecular weight is 275 g/mol. The van der Waals surface area contributed by atoms with E-state index in [9.17, 15) is 13.2 Å². The van der Waals surface area contributed by atoms with Gasteiger partial charge in [0, 0.05) is 6.07 Å². The smallest absolute Gasteiger partial charge is 0.387 e. The molecule has 0 spiro atoms. The van der Waals surface area contributed by atoms with Crippen LogP contribution in [0.1, 0.15) is 19.8 Å². The summed E-state index contributed by atoms with van der Waals surface area (Å²) in [5, 5.41) is 3.19. The molecule has 0 bridgehead atoms. The molecule has 1 aromatic rings. The van der Waals surface area contributed by atoms with E-state index in [-0.39, 0.29) is 11.5 Å². The summed E-state index contributed by atoms with van der Waals surface area (Å²) in [6, 6.07) is 3.50. The first-order chi connectivity index (χ1) is 8.98. The zero-order chi connectivity index (χ0) is 13.9. The van der Waals surface area contributed by atoms with Gasteiger partial charge in [-0.25, -0.2) is 4.39 Å². The predicted octanol–water partition coefficient (Wildman–Crippen LogP) is 2.95. The Bertz CT molecular complexity index is 434. The number of benzene rings is 1.